The topological polar surface area (TPSA) is 66.5 Å². The van der Waals surface area contributed by atoms with Crippen LogP contribution < -0.4 is 5.32 Å². The molecule has 0 radical (unpaired) electrons. The lowest BCUT2D eigenvalue weighted by Crippen LogP contribution is -2.64. The van der Waals surface area contributed by atoms with Gasteiger partial charge in [-0.2, -0.15) is 11.8 Å². The molecule has 5 nitrogen and oxygen atoms in total. The van der Waals surface area contributed by atoms with E-state index in [1.807, 2.05) is 13.2 Å². The molecule has 1 atom stereocenters. The SMILES string of the molecule is CSCC(C)CN1C(=O)NC(=O)C2(CCCCC2)C1=O. The summed E-state index contributed by atoms with van der Waals surface area (Å²) in [5.74, 6) is 0.450. The van der Waals surface area contributed by atoms with Crippen LogP contribution in [0.15, 0.2) is 0 Å². The number of carbonyl (C=O) groups excluding carboxylic acids is 3. The molecule has 4 amide bonds. The van der Waals surface area contributed by atoms with Crippen LogP contribution in [-0.4, -0.2) is 41.3 Å². The Hall–Kier alpha value is -1.04. The molecule has 1 spiro atoms. The zero-order valence-electron chi connectivity index (χ0n) is 12.1. The number of rotatable bonds is 4. The minimum atomic E-state index is -0.981. The normalized spacial score (nSPS) is 23.9. The van der Waals surface area contributed by atoms with E-state index in [1.165, 1.54) is 4.90 Å². The Labute approximate surface area is 123 Å². The molecule has 112 valence electrons. The predicted octanol–water partition coefficient (Wildman–Crippen LogP) is 2.01. The Morgan fingerprint density at radius 3 is 2.50 bits per heavy atom. The van der Waals surface area contributed by atoms with E-state index in [9.17, 15) is 14.4 Å². The number of hydrogen-bond donors (Lipinski definition) is 1. The fourth-order valence-corrected chi connectivity index (χ4v) is 3.82. The summed E-state index contributed by atoms with van der Waals surface area (Å²) in [5.41, 5.74) is -0.981. The van der Waals surface area contributed by atoms with Gasteiger partial charge in [0.1, 0.15) is 5.41 Å². The van der Waals surface area contributed by atoms with Gasteiger partial charge in [0.25, 0.3) is 0 Å². The zero-order valence-corrected chi connectivity index (χ0v) is 12.9. The minimum Gasteiger partial charge on any atom is -0.277 e. The third-order valence-corrected chi connectivity index (χ3v) is 5.11. The van der Waals surface area contributed by atoms with Crippen molar-refractivity contribution in [3.8, 4) is 0 Å². The van der Waals surface area contributed by atoms with Crippen molar-refractivity contribution >= 4 is 29.6 Å². The lowest BCUT2D eigenvalue weighted by molar-refractivity contribution is -0.154. The lowest BCUT2D eigenvalue weighted by Gasteiger charge is -2.41. The van der Waals surface area contributed by atoms with Crippen LogP contribution in [0.25, 0.3) is 0 Å². The molecule has 2 rings (SSSR count). The fraction of sp³-hybridized carbons (Fsp3) is 0.786. The highest BCUT2D eigenvalue weighted by Gasteiger charge is 2.53. The number of amides is 4. The van der Waals surface area contributed by atoms with Crippen LogP contribution >= 0.6 is 11.8 Å². The van der Waals surface area contributed by atoms with Crippen LogP contribution in [0.4, 0.5) is 4.79 Å². The van der Waals surface area contributed by atoms with Gasteiger partial charge in [0.15, 0.2) is 0 Å². The van der Waals surface area contributed by atoms with Gasteiger partial charge in [0.2, 0.25) is 11.8 Å². The quantitative estimate of drug-likeness (QED) is 0.806. The van der Waals surface area contributed by atoms with E-state index in [1.54, 1.807) is 11.8 Å². The molecule has 20 heavy (non-hydrogen) atoms. The van der Waals surface area contributed by atoms with Gasteiger partial charge in [-0.25, -0.2) is 4.79 Å². The van der Waals surface area contributed by atoms with Crippen LogP contribution in [0.5, 0.6) is 0 Å². The third kappa shape index (κ3) is 2.71. The fourth-order valence-electron chi connectivity index (χ4n) is 3.14. The largest absolute Gasteiger partial charge is 0.330 e. The average Bonchev–Trinajstić information content (AvgIpc) is 2.43. The number of thioether (sulfide) groups is 1. The van der Waals surface area contributed by atoms with Gasteiger partial charge in [-0.05, 0) is 30.8 Å². The van der Waals surface area contributed by atoms with E-state index >= 15 is 0 Å². The minimum absolute atomic E-state index is 0.230. The van der Waals surface area contributed by atoms with E-state index in [0.29, 0.717) is 19.4 Å². The van der Waals surface area contributed by atoms with Crippen molar-refractivity contribution in [2.75, 3.05) is 18.6 Å². The van der Waals surface area contributed by atoms with Gasteiger partial charge in [-0.1, -0.05) is 26.2 Å². The number of carbonyl (C=O) groups is 3. The van der Waals surface area contributed by atoms with Crippen molar-refractivity contribution in [3.63, 3.8) is 0 Å². The van der Waals surface area contributed by atoms with Gasteiger partial charge < -0.3 is 0 Å². The first kappa shape index (κ1) is 15.4. The summed E-state index contributed by atoms with van der Waals surface area (Å²) in [7, 11) is 0. The second-order valence-electron chi connectivity index (χ2n) is 5.88. The molecule has 1 aliphatic carbocycles. The van der Waals surface area contributed by atoms with Gasteiger partial charge in [0, 0.05) is 6.54 Å². The molecule has 1 N–H and O–H groups in total. The highest BCUT2D eigenvalue weighted by atomic mass is 32.2. The molecule has 1 unspecified atom stereocenters. The molecule has 2 aliphatic rings. The second-order valence-corrected chi connectivity index (χ2v) is 6.79. The van der Waals surface area contributed by atoms with Gasteiger partial charge in [0.05, 0.1) is 0 Å². The van der Waals surface area contributed by atoms with Crippen molar-refractivity contribution in [1.82, 2.24) is 10.2 Å². The number of urea groups is 1. The number of nitrogens with zero attached hydrogens (tertiary/aromatic N) is 1. The highest BCUT2D eigenvalue weighted by Crippen LogP contribution is 2.40. The first-order valence-corrected chi connectivity index (χ1v) is 8.57. The van der Waals surface area contributed by atoms with Gasteiger partial charge in [-0.15, -0.1) is 0 Å². The van der Waals surface area contributed by atoms with E-state index in [0.717, 1.165) is 25.0 Å². The molecule has 1 saturated carbocycles. The first-order chi connectivity index (χ1) is 9.51. The second kappa shape index (κ2) is 6.16. The molecule has 2 fully saturated rings. The molecule has 6 heteroatoms. The zero-order chi connectivity index (χ0) is 14.8. The molecule has 1 heterocycles. The third-order valence-electron chi connectivity index (χ3n) is 4.21. The summed E-state index contributed by atoms with van der Waals surface area (Å²) < 4.78 is 0. The summed E-state index contributed by atoms with van der Waals surface area (Å²) in [4.78, 5) is 38.1. The standard InChI is InChI=1S/C14H22N2O3S/c1-10(9-20-2)8-16-12(18)14(6-4-3-5-7-14)11(17)15-13(16)19/h10H,3-9H2,1-2H3,(H,15,17,19). The first-order valence-electron chi connectivity index (χ1n) is 7.17. The maximum Gasteiger partial charge on any atom is 0.330 e. The highest BCUT2D eigenvalue weighted by molar-refractivity contribution is 7.98. The van der Waals surface area contributed by atoms with E-state index in [2.05, 4.69) is 5.32 Å². The Balaban J connectivity index is 2.18. The predicted molar refractivity (Wildman–Crippen MR) is 78.3 cm³/mol. The van der Waals surface area contributed by atoms with E-state index in [-0.39, 0.29) is 17.7 Å². The summed E-state index contributed by atoms with van der Waals surface area (Å²) >= 11 is 1.69. The van der Waals surface area contributed by atoms with Gasteiger partial charge in [-0.3, -0.25) is 19.8 Å². The summed E-state index contributed by atoms with van der Waals surface area (Å²) in [6.45, 7) is 2.40. The van der Waals surface area contributed by atoms with Crippen molar-refractivity contribution in [2.45, 2.75) is 39.0 Å². The van der Waals surface area contributed by atoms with E-state index < -0.39 is 11.4 Å². The van der Waals surface area contributed by atoms with Crippen LogP contribution in [-0.2, 0) is 9.59 Å². The molecule has 0 aromatic heterocycles. The number of imide groups is 2. The summed E-state index contributed by atoms with van der Waals surface area (Å²) in [6, 6.07) is -0.552. The average molecular weight is 298 g/mol. The van der Waals surface area contributed by atoms with E-state index in [4.69, 9.17) is 0 Å². The van der Waals surface area contributed by atoms with Crippen LogP contribution in [0.2, 0.25) is 0 Å². The molecular weight excluding hydrogens is 276 g/mol. The lowest BCUT2D eigenvalue weighted by atomic mass is 9.71. The van der Waals surface area contributed by atoms with Gasteiger partial charge >= 0.3 is 6.03 Å². The van der Waals surface area contributed by atoms with Crippen LogP contribution in [0.1, 0.15) is 39.0 Å². The summed E-state index contributed by atoms with van der Waals surface area (Å²) in [6.07, 6.45) is 5.94. The molecule has 1 saturated heterocycles. The van der Waals surface area contributed by atoms with Crippen LogP contribution in [0, 0.1) is 11.3 Å². The number of hydrogen-bond acceptors (Lipinski definition) is 4. The molecule has 0 aromatic carbocycles. The number of nitrogens with one attached hydrogen (secondary N) is 1. The molecule has 0 bridgehead atoms. The maximum absolute atomic E-state index is 12.7. The number of barbiturate groups is 1. The van der Waals surface area contributed by atoms with Crippen molar-refractivity contribution in [3.05, 3.63) is 0 Å². The maximum atomic E-state index is 12.7. The molecule has 1 aliphatic heterocycles. The van der Waals surface area contributed by atoms with Crippen molar-refractivity contribution in [1.29, 1.82) is 0 Å². The Morgan fingerprint density at radius 2 is 1.90 bits per heavy atom. The monoisotopic (exact) mass is 298 g/mol. The Kier molecular flexibility index (Phi) is 4.73. The van der Waals surface area contributed by atoms with Crippen molar-refractivity contribution < 1.29 is 14.4 Å². The summed E-state index contributed by atoms with van der Waals surface area (Å²) in [5, 5.41) is 2.39. The Bertz CT molecular complexity index is 419. The van der Waals surface area contributed by atoms with Crippen LogP contribution in [0.3, 0.4) is 0 Å². The Morgan fingerprint density at radius 1 is 1.25 bits per heavy atom. The smallest absolute Gasteiger partial charge is 0.277 e. The van der Waals surface area contributed by atoms with Crippen molar-refractivity contribution in [2.24, 2.45) is 11.3 Å². The molecular formula is C14H22N2O3S. The molecule has 0 aromatic rings.